The van der Waals surface area contributed by atoms with Crippen LogP contribution in [0.5, 0.6) is 0 Å². The molecule has 0 aliphatic rings. The molecule has 50 heavy (non-hydrogen) atoms. The fourth-order valence-electron chi connectivity index (χ4n) is 6.77. The second-order valence-electron chi connectivity index (χ2n) is 12.3. The molecule has 0 spiro atoms. The van der Waals surface area contributed by atoms with Crippen LogP contribution in [-0.2, 0) is 0 Å². The van der Waals surface area contributed by atoms with Gasteiger partial charge in [0.05, 0.1) is 0 Å². The Morgan fingerprint density at radius 3 is 1.68 bits per heavy atom. The molecule has 10 rings (SSSR count). The number of benzene rings is 7. The standard InChI is InChI=1S/C44H26N4O2/c1-4-12-27(13-5-1)41-46-42(28-14-6-2-7-15-28)48-43(47-41)31-22-23-32-30(24-31)18-10-19-33(32)34-20-11-21-37-40(34)35-25-36-39(26-38(35)49-37)50-44(45-36)29-16-8-3-9-17-29/h1-26H. The van der Waals surface area contributed by atoms with Crippen LogP contribution in [0.3, 0.4) is 0 Å². The Bertz CT molecular complexity index is 2800. The van der Waals surface area contributed by atoms with Gasteiger partial charge in [-0.2, -0.15) is 0 Å². The van der Waals surface area contributed by atoms with Gasteiger partial charge in [-0.25, -0.2) is 19.9 Å². The van der Waals surface area contributed by atoms with Gasteiger partial charge < -0.3 is 8.83 Å². The van der Waals surface area contributed by atoms with Crippen LogP contribution >= 0.6 is 0 Å². The van der Waals surface area contributed by atoms with Crippen LogP contribution in [0.15, 0.2) is 167 Å². The van der Waals surface area contributed by atoms with Gasteiger partial charge in [0.25, 0.3) is 0 Å². The molecule has 0 unspecified atom stereocenters. The molecule has 0 aliphatic carbocycles. The number of hydrogen-bond donors (Lipinski definition) is 0. The van der Waals surface area contributed by atoms with Gasteiger partial charge in [-0.15, -0.1) is 0 Å². The fraction of sp³-hybridized carbons (Fsp3) is 0. The largest absolute Gasteiger partial charge is 0.456 e. The van der Waals surface area contributed by atoms with Gasteiger partial charge in [0.15, 0.2) is 23.1 Å². The highest BCUT2D eigenvalue weighted by molar-refractivity contribution is 6.17. The highest BCUT2D eigenvalue weighted by Crippen LogP contribution is 2.41. The van der Waals surface area contributed by atoms with Gasteiger partial charge in [0.2, 0.25) is 5.89 Å². The molecule has 0 aliphatic heterocycles. The van der Waals surface area contributed by atoms with Crippen LogP contribution in [0.2, 0.25) is 0 Å². The van der Waals surface area contributed by atoms with Crippen molar-refractivity contribution in [1.82, 2.24) is 19.9 Å². The molecule has 0 saturated heterocycles. The number of hydrogen-bond acceptors (Lipinski definition) is 6. The minimum absolute atomic E-state index is 0.590. The Labute approximate surface area is 286 Å². The van der Waals surface area contributed by atoms with Gasteiger partial charge in [-0.05, 0) is 52.2 Å². The van der Waals surface area contributed by atoms with Crippen LogP contribution < -0.4 is 0 Å². The van der Waals surface area contributed by atoms with E-state index in [1.165, 1.54) is 0 Å². The van der Waals surface area contributed by atoms with Crippen molar-refractivity contribution in [3.63, 3.8) is 0 Å². The van der Waals surface area contributed by atoms with Crippen molar-refractivity contribution >= 4 is 43.8 Å². The topological polar surface area (TPSA) is 77.8 Å². The average Bonchev–Trinajstić information content (AvgIpc) is 3.78. The molecule has 0 bridgehead atoms. The molecule has 6 heteroatoms. The lowest BCUT2D eigenvalue weighted by atomic mass is 9.94. The summed E-state index contributed by atoms with van der Waals surface area (Å²) in [6, 6.07) is 53.1. The highest BCUT2D eigenvalue weighted by Gasteiger charge is 2.18. The van der Waals surface area contributed by atoms with Gasteiger partial charge >= 0.3 is 0 Å². The SMILES string of the molecule is c1ccc(-c2nc(-c3ccccc3)nc(-c3ccc4c(-c5cccc6oc7cc8oc(-c9ccccc9)nc8cc7c56)cccc4c3)n2)cc1. The first-order valence-corrected chi connectivity index (χ1v) is 16.5. The third-order valence-electron chi connectivity index (χ3n) is 9.15. The zero-order valence-corrected chi connectivity index (χ0v) is 26.6. The van der Waals surface area contributed by atoms with E-state index in [-0.39, 0.29) is 0 Å². The molecule has 234 valence electrons. The van der Waals surface area contributed by atoms with Crippen molar-refractivity contribution in [3.8, 4) is 56.7 Å². The predicted octanol–water partition coefficient (Wildman–Crippen LogP) is 11.4. The molecule has 10 aromatic rings. The zero-order chi connectivity index (χ0) is 33.0. The number of oxazole rings is 1. The first-order chi connectivity index (χ1) is 24.7. The summed E-state index contributed by atoms with van der Waals surface area (Å²) in [5, 5.41) is 4.24. The van der Waals surface area contributed by atoms with E-state index < -0.39 is 0 Å². The van der Waals surface area contributed by atoms with Crippen molar-refractivity contribution in [1.29, 1.82) is 0 Å². The molecule has 6 nitrogen and oxygen atoms in total. The summed E-state index contributed by atoms with van der Waals surface area (Å²) in [5.41, 5.74) is 8.99. The minimum Gasteiger partial charge on any atom is -0.456 e. The maximum Gasteiger partial charge on any atom is 0.227 e. The smallest absolute Gasteiger partial charge is 0.227 e. The predicted molar refractivity (Wildman–Crippen MR) is 199 cm³/mol. The van der Waals surface area contributed by atoms with E-state index in [0.29, 0.717) is 28.9 Å². The molecule has 0 fully saturated rings. The Kier molecular flexibility index (Phi) is 6.39. The van der Waals surface area contributed by atoms with Crippen molar-refractivity contribution in [3.05, 3.63) is 158 Å². The number of rotatable bonds is 5. The van der Waals surface area contributed by atoms with E-state index in [0.717, 1.165) is 71.6 Å². The maximum atomic E-state index is 6.41. The van der Waals surface area contributed by atoms with Crippen LogP contribution in [0, 0.1) is 0 Å². The van der Waals surface area contributed by atoms with Crippen LogP contribution in [0.1, 0.15) is 0 Å². The van der Waals surface area contributed by atoms with E-state index in [1.807, 2.05) is 109 Å². The lowest BCUT2D eigenvalue weighted by molar-refractivity contribution is 0.617. The molecular formula is C44H26N4O2. The first-order valence-electron chi connectivity index (χ1n) is 16.5. The minimum atomic E-state index is 0.590. The Morgan fingerprint density at radius 1 is 0.360 bits per heavy atom. The molecule has 0 saturated carbocycles. The third-order valence-corrected chi connectivity index (χ3v) is 9.15. The lowest BCUT2D eigenvalue weighted by Crippen LogP contribution is -2.00. The van der Waals surface area contributed by atoms with E-state index in [9.17, 15) is 0 Å². The molecule has 7 aromatic carbocycles. The Hall–Kier alpha value is -6.92. The maximum absolute atomic E-state index is 6.41. The van der Waals surface area contributed by atoms with Crippen molar-refractivity contribution in [2.24, 2.45) is 0 Å². The van der Waals surface area contributed by atoms with Crippen LogP contribution in [0.4, 0.5) is 0 Å². The number of furan rings is 1. The van der Waals surface area contributed by atoms with Gasteiger partial charge in [0, 0.05) is 39.1 Å². The quantitative estimate of drug-likeness (QED) is 0.186. The monoisotopic (exact) mass is 642 g/mol. The van der Waals surface area contributed by atoms with Crippen LogP contribution in [-0.4, -0.2) is 19.9 Å². The summed E-state index contributed by atoms with van der Waals surface area (Å²) in [6.07, 6.45) is 0. The summed E-state index contributed by atoms with van der Waals surface area (Å²) < 4.78 is 12.6. The van der Waals surface area contributed by atoms with Crippen molar-refractivity contribution < 1.29 is 8.83 Å². The lowest BCUT2D eigenvalue weighted by Gasteiger charge is -2.11. The van der Waals surface area contributed by atoms with Gasteiger partial charge in [-0.3, -0.25) is 0 Å². The molecular weight excluding hydrogens is 617 g/mol. The number of nitrogens with zero attached hydrogens (tertiary/aromatic N) is 4. The van der Waals surface area contributed by atoms with Gasteiger partial charge in [0.1, 0.15) is 16.7 Å². The summed E-state index contributed by atoms with van der Waals surface area (Å²) in [5.74, 6) is 2.49. The second kappa shape index (κ2) is 11.4. The van der Waals surface area contributed by atoms with Crippen LogP contribution in [0.25, 0.3) is 101 Å². The average molecular weight is 643 g/mol. The Morgan fingerprint density at radius 2 is 0.980 bits per heavy atom. The second-order valence-corrected chi connectivity index (χ2v) is 12.3. The van der Waals surface area contributed by atoms with Gasteiger partial charge in [-0.1, -0.05) is 121 Å². The highest BCUT2D eigenvalue weighted by atomic mass is 16.4. The van der Waals surface area contributed by atoms with E-state index in [2.05, 4.69) is 48.5 Å². The molecule has 0 atom stereocenters. The fourth-order valence-corrected chi connectivity index (χ4v) is 6.77. The molecule has 3 heterocycles. The van der Waals surface area contributed by atoms with Crippen molar-refractivity contribution in [2.75, 3.05) is 0 Å². The summed E-state index contributed by atoms with van der Waals surface area (Å²) >= 11 is 0. The molecule has 0 N–H and O–H groups in total. The zero-order valence-electron chi connectivity index (χ0n) is 26.6. The van der Waals surface area contributed by atoms with Crippen molar-refractivity contribution in [2.45, 2.75) is 0 Å². The summed E-state index contributed by atoms with van der Waals surface area (Å²) in [6.45, 7) is 0. The Balaban J connectivity index is 1.11. The van der Waals surface area contributed by atoms with E-state index in [4.69, 9.17) is 28.8 Å². The molecule has 0 amide bonds. The normalized spacial score (nSPS) is 11.6. The number of aromatic nitrogens is 4. The summed E-state index contributed by atoms with van der Waals surface area (Å²) in [7, 11) is 0. The van der Waals surface area contributed by atoms with E-state index >= 15 is 0 Å². The first kappa shape index (κ1) is 28.1. The van der Waals surface area contributed by atoms with E-state index in [1.54, 1.807) is 0 Å². The molecule has 3 aromatic heterocycles. The molecule has 0 radical (unpaired) electrons. The number of fused-ring (bicyclic) bond motifs is 5. The summed E-state index contributed by atoms with van der Waals surface area (Å²) in [4.78, 5) is 19.6. The third kappa shape index (κ3) is 4.73.